The normalized spacial score (nSPS) is 23.7. The molecule has 2 aromatic heterocycles. The van der Waals surface area contributed by atoms with Crippen molar-refractivity contribution in [1.82, 2.24) is 34.8 Å². The standard InChI is InChI=1S/C32H43N9O17P2/c33-32-38-27-24(29(47)39-32)34-16-41(27)31-26(45)25(44)21(57-31)15-56-60(51,52)58-59(49,50)35-7-9-54-11-13-55-12-10-53-8-6-23(43)36-19-3-1-2-17-18(19)14-40(30(17)48)20-4-5-22(42)37-28(20)46/h1-3,16,20-21,25-26,31,44-45H,4-15H2,(H,36,43)(H,51,52)(H2,35,49,50)(H,37,42,46)(H3,33,38,39,47)/t20?,21-,25-,26-,31-/m1/s1. The molecule has 2 saturated heterocycles. The number of aliphatic hydroxyl groups is 2. The topological polar surface area (TPSA) is 368 Å². The van der Waals surface area contributed by atoms with Crippen LogP contribution in [0.1, 0.15) is 41.4 Å². The van der Waals surface area contributed by atoms with Gasteiger partial charge in [-0.1, -0.05) is 6.07 Å². The van der Waals surface area contributed by atoms with Gasteiger partial charge in [-0.05, 0) is 18.6 Å². The summed E-state index contributed by atoms with van der Waals surface area (Å²) < 4.78 is 56.7. The Bertz CT molecular complexity index is 2240. The third kappa shape index (κ3) is 11.0. The summed E-state index contributed by atoms with van der Waals surface area (Å²) in [6.07, 6.45) is -4.67. The lowest BCUT2D eigenvalue weighted by Gasteiger charge is -2.29. The van der Waals surface area contributed by atoms with Crippen LogP contribution >= 0.6 is 15.6 Å². The number of ether oxygens (including phenoxy) is 4. The molecule has 6 rings (SSSR count). The minimum atomic E-state index is -5.23. The summed E-state index contributed by atoms with van der Waals surface area (Å²) in [6, 6.07) is 4.12. The highest BCUT2D eigenvalue weighted by molar-refractivity contribution is 7.62. The Morgan fingerprint density at radius 1 is 1.02 bits per heavy atom. The Morgan fingerprint density at radius 2 is 1.73 bits per heavy atom. The number of rotatable bonds is 21. The maximum Gasteiger partial charge on any atom is 0.480 e. The number of nitrogens with one attached hydrogen (secondary N) is 4. The number of benzene rings is 1. The molecule has 3 unspecified atom stereocenters. The van der Waals surface area contributed by atoms with Gasteiger partial charge in [0.05, 0.1) is 59.0 Å². The second kappa shape index (κ2) is 19.5. The van der Waals surface area contributed by atoms with E-state index in [0.29, 0.717) is 16.8 Å². The first-order valence-corrected chi connectivity index (χ1v) is 21.4. The first kappa shape index (κ1) is 45.0. The Kier molecular flexibility index (Phi) is 14.6. The van der Waals surface area contributed by atoms with Crippen LogP contribution in [0.2, 0.25) is 0 Å². The van der Waals surface area contributed by atoms with E-state index in [1.165, 1.54) is 4.90 Å². The average Bonchev–Trinajstić information content (AvgIpc) is 3.84. The second-order valence-electron chi connectivity index (χ2n) is 13.5. The van der Waals surface area contributed by atoms with Crippen LogP contribution in [0.5, 0.6) is 0 Å². The third-order valence-corrected chi connectivity index (χ3v) is 12.1. The van der Waals surface area contributed by atoms with E-state index >= 15 is 0 Å². The van der Waals surface area contributed by atoms with E-state index in [9.17, 15) is 53.1 Å². The van der Waals surface area contributed by atoms with Crippen molar-refractivity contribution in [2.75, 3.05) is 63.8 Å². The van der Waals surface area contributed by atoms with Crippen molar-refractivity contribution < 1.29 is 76.1 Å². The molecule has 7 atom stereocenters. The number of nitrogen functional groups attached to an aromatic ring is 1. The zero-order valence-corrected chi connectivity index (χ0v) is 33.3. The molecule has 0 saturated carbocycles. The number of aromatic amines is 1. The lowest BCUT2D eigenvalue weighted by atomic mass is 10.0. The molecule has 3 aliphatic rings. The van der Waals surface area contributed by atoms with Crippen molar-refractivity contribution in [2.45, 2.75) is 56.4 Å². The number of nitrogens with zero attached hydrogens (tertiary/aromatic N) is 4. The lowest BCUT2D eigenvalue weighted by molar-refractivity contribution is -0.137. The van der Waals surface area contributed by atoms with E-state index in [4.69, 9.17) is 29.2 Å². The van der Waals surface area contributed by atoms with Crippen LogP contribution in [0, 0.1) is 0 Å². The van der Waals surface area contributed by atoms with Gasteiger partial charge < -0.3 is 54.9 Å². The zero-order chi connectivity index (χ0) is 43.2. The predicted molar refractivity (Wildman–Crippen MR) is 201 cm³/mol. The summed E-state index contributed by atoms with van der Waals surface area (Å²) in [6.45, 7) is -0.608. The number of phosphoric acid groups is 1. The van der Waals surface area contributed by atoms with Crippen LogP contribution in [0.4, 0.5) is 11.6 Å². The second-order valence-corrected chi connectivity index (χ2v) is 16.7. The first-order valence-electron chi connectivity index (χ1n) is 18.3. The molecular formula is C32H43N9O17P2. The van der Waals surface area contributed by atoms with Crippen LogP contribution in [-0.4, -0.2) is 145 Å². The highest BCUT2D eigenvalue weighted by atomic mass is 31.3. The van der Waals surface area contributed by atoms with E-state index < -0.39 is 64.2 Å². The maximum atomic E-state index is 13.0. The van der Waals surface area contributed by atoms with Crippen molar-refractivity contribution in [3.63, 3.8) is 0 Å². The number of piperidine rings is 1. The number of aliphatic hydroxyl groups excluding tert-OH is 2. The number of carbonyl (C=O) groups excluding carboxylic acids is 4. The van der Waals surface area contributed by atoms with E-state index in [0.717, 1.165) is 10.9 Å². The number of carbonyl (C=O) groups is 4. The van der Waals surface area contributed by atoms with Crippen LogP contribution in [0.3, 0.4) is 0 Å². The molecule has 60 heavy (non-hydrogen) atoms. The number of phosphoric ester groups is 1. The van der Waals surface area contributed by atoms with Gasteiger partial charge in [-0.2, -0.15) is 9.29 Å². The molecular weight excluding hydrogens is 844 g/mol. The van der Waals surface area contributed by atoms with Gasteiger partial charge in [0.1, 0.15) is 24.4 Å². The van der Waals surface area contributed by atoms with Crippen LogP contribution in [-0.2, 0) is 57.8 Å². The number of H-pyrrole nitrogens is 1. The summed E-state index contributed by atoms with van der Waals surface area (Å²) in [5.74, 6) is -1.87. The molecule has 26 nitrogen and oxygen atoms in total. The van der Waals surface area contributed by atoms with E-state index in [-0.39, 0.29) is 107 Å². The Balaban J connectivity index is 0.801. The number of imide groups is 1. The van der Waals surface area contributed by atoms with Gasteiger partial charge in [-0.25, -0.2) is 19.2 Å². The molecule has 328 valence electrons. The Morgan fingerprint density at radius 3 is 2.47 bits per heavy atom. The van der Waals surface area contributed by atoms with Crippen LogP contribution in [0.15, 0.2) is 29.3 Å². The summed E-state index contributed by atoms with van der Waals surface area (Å²) in [5, 5.41) is 28.0. The fourth-order valence-corrected chi connectivity index (χ4v) is 8.71. The number of amides is 4. The SMILES string of the molecule is Nc1nc2c(ncn2[C@@H]2O[C@H](COP(=O)(O)OP(=O)(O)NCCOCCOCCOCCC(=O)Nc3cccc4c3CN(C3CCC(=O)NC3=O)C4=O)[C@@H](O)[C@H]2O)c(=O)[nH]1. The highest BCUT2D eigenvalue weighted by Crippen LogP contribution is 2.57. The fraction of sp³-hybridized carbons (Fsp3) is 0.531. The van der Waals surface area contributed by atoms with Gasteiger partial charge in [0.2, 0.25) is 23.7 Å². The Labute approximate surface area is 338 Å². The quantitative estimate of drug-likeness (QED) is 0.0317. The summed E-state index contributed by atoms with van der Waals surface area (Å²) in [5.41, 5.74) is 6.09. The molecule has 10 N–H and O–H groups in total. The number of hydrogen-bond donors (Lipinski definition) is 9. The number of hydrogen-bond acceptors (Lipinski definition) is 18. The molecule has 4 amide bonds. The number of aromatic nitrogens is 4. The van der Waals surface area contributed by atoms with Crippen LogP contribution < -0.4 is 27.0 Å². The largest absolute Gasteiger partial charge is 0.480 e. The van der Waals surface area contributed by atoms with Gasteiger partial charge >= 0.3 is 15.6 Å². The maximum absolute atomic E-state index is 13.0. The molecule has 3 aromatic rings. The molecule has 2 fully saturated rings. The summed E-state index contributed by atoms with van der Waals surface area (Å²) in [7, 11) is -10.1. The summed E-state index contributed by atoms with van der Waals surface area (Å²) in [4.78, 5) is 93.0. The molecule has 28 heteroatoms. The van der Waals surface area contributed by atoms with Crippen molar-refractivity contribution in [3.05, 3.63) is 46.0 Å². The van der Waals surface area contributed by atoms with Crippen LogP contribution in [0.25, 0.3) is 11.2 Å². The molecule has 0 spiro atoms. The first-order chi connectivity index (χ1) is 28.5. The van der Waals surface area contributed by atoms with E-state index in [2.05, 4.69) is 29.9 Å². The number of imidazole rings is 1. The van der Waals surface area contributed by atoms with Gasteiger partial charge in [-0.15, -0.1) is 0 Å². The summed E-state index contributed by atoms with van der Waals surface area (Å²) >= 11 is 0. The van der Waals surface area contributed by atoms with E-state index in [1.54, 1.807) is 18.2 Å². The lowest BCUT2D eigenvalue weighted by Crippen LogP contribution is -2.52. The van der Waals surface area contributed by atoms with E-state index in [1.807, 2.05) is 5.09 Å². The van der Waals surface area contributed by atoms with Crippen molar-refractivity contribution >= 4 is 62.0 Å². The molecule has 0 bridgehead atoms. The van der Waals surface area contributed by atoms with Crippen molar-refractivity contribution in [2.24, 2.45) is 0 Å². The molecule has 0 radical (unpaired) electrons. The molecule has 5 heterocycles. The van der Waals surface area contributed by atoms with Gasteiger partial charge in [0, 0.05) is 36.3 Å². The minimum absolute atomic E-state index is 0.00776. The number of nitrogens with two attached hydrogens (primary N) is 1. The fourth-order valence-electron chi connectivity index (χ4n) is 6.47. The minimum Gasteiger partial charge on any atom is -0.387 e. The highest BCUT2D eigenvalue weighted by Gasteiger charge is 2.46. The smallest absolute Gasteiger partial charge is 0.387 e. The van der Waals surface area contributed by atoms with Gasteiger partial charge in [0.25, 0.3) is 11.5 Å². The third-order valence-electron chi connectivity index (χ3n) is 9.31. The predicted octanol–water partition coefficient (Wildman–Crippen LogP) is -2.02. The van der Waals surface area contributed by atoms with Gasteiger partial charge in [0.15, 0.2) is 17.4 Å². The van der Waals surface area contributed by atoms with Crippen molar-refractivity contribution in [3.8, 4) is 0 Å². The van der Waals surface area contributed by atoms with Crippen molar-refractivity contribution in [1.29, 1.82) is 0 Å². The molecule has 1 aromatic carbocycles. The molecule has 3 aliphatic heterocycles. The average molecular weight is 888 g/mol. The molecule has 0 aliphatic carbocycles. The number of anilines is 2. The number of fused-ring (bicyclic) bond motifs is 2. The Hall–Kier alpha value is -4.53. The zero-order valence-electron chi connectivity index (χ0n) is 31.5. The monoisotopic (exact) mass is 887 g/mol. The van der Waals surface area contributed by atoms with Gasteiger partial charge in [-0.3, -0.25) is 43.4 Å².